The first-order valence-corrected chi connectivity index (χ1v) is 8.93. The fourth-order valence-corrected chi connectivity index (χ4v) is 2.52. The lowest BCUT2D eigenvalue weighted by atomic mass is 10.3. The van der Waals surface area contributed by atoms with Crippen molar-refractivity contribution in [2.75, 3.05) is 28.7 Å². The Kier molecular flexibility index (Phi) is 7.75. The van der Waals surface area contributed by atoms with Gasteiger partial charge in [0.15, 0.2) is 6.61 Å². The number of benzene rings is 2. The van der Waals surface area contributed by atoms with E-state index in [1.54, 1.807) is 12.1 Å². The molecular formula is C18H16F2N2O4S. The number of carbonyl (C=O) groups is 3. The molecule has 2 aromatic carbocycles. The molecule has 0 aliphatic carbocycles. The lowest BCUT2D eigenvalue weighted by Crippen LogP contribution is -2.22. The second-order valence-electron chi connectivity index (χ2n) is 5.21. The van der Waals surface area contributed by atoms with Gasteiger partial charge in [-0.25, -0.2) is 8.78 Å². The van der Waals surface area contributed by atoms with E-state index < -0.39 is 36.0 Å². The minimum absolute atomic E-state index is 0.0160. The Bertz CT molecular complexity index is 833. The van der Waals surface area contributed by atoms with E-state index in [2.05, 4.69) is 10.6 Å². The van der Waals surface area contributed by atoms with Crippen LogP contribution >= 0.6 is 11.8 Å². The highest BCUT2D eigenvalue weighted by Gasteiger charge is 2.12. The molecule has 9 heteroatoms. The fraction of sp³-hybridized carbons (Fsp3) is 0.167. The van der Waals surface area contributed by atoms with E-state index in [0.717, 1.165) is 11.8 Å². The molecule has 2 rings (SSSR count). The smallest absolute Gasteiger partial charge is 0.316 e. The quantitative estimate of drug-likeness (QED) is 0.673. The predicted octanol–water partition coefficient (Wildman–Crippen LogP) is 2.82. The molecule has 27 heavy (non-hydrogen) atoms. The molecule has 0 heterocycles. The second-order valence-corrected chi connectivity index (χ2v) is 6.20. The molecule has 0 atom stereocenters. The van der Waals surface area contributed by atoms with Crippen LogP contribution in [0.1, 0.15) is 0 Å². The summed E-state index contributed by atoms with van der Waals surface area (Å²) in [5.41, 5.74) is 0.0354. The first-order chi connectivity index (χ1) is 13.0. The number of amides is 2. The molecule has 0 saturated heterocycles. The van der Waals surface area contributed by atoms with E-state index in [1.807, 2.05) is 0 Å². The first-order valence-electron chi connectivity index (χ1n) is 7.78. The second kappa shape index (κ2) is 10.3. The number of halogens is 2. The Morgan fingerprint density at radius 2 is 1.33 bits per heavy atom. The zero-order valence-electron chi connectivity index (χ0n) is 14.0. The van der Waals surface area contributed by atoms with Crippen molar-refractivity contribution in [1.82, 2.24) is 0 Å². The maximum absolute atomic E-state index is 13.4. The molecular weight excluding hydrogens is 378 g/mol. The van der Waals surface area contributed by atoms with Gasteiger partial charge in [-0.05, 0) is 24.3 Å². The summed E-state index contributed by atoms with van der Waals surface area (Å²) in [4.78, 5) is 34.9. The van der Waals surface area contributed by atoms with Gasteiger partial charge in [0.25, 0.3) is 5.91 Å². The summed E-state index contributed by atoms with van der Waals surface area (Å²) in [5, 5.41) is 4.66. The van der Waals surface area contributed by atoms with Crippen LogP contribution in [0.2, 0.25) is 0 Å². The minimum atomic E-state index is -0.706. The number of rotatable bonds is 8. The van der Waals surface area contributed by atoms with E-state index in [9.17, 15) is 23.2 Å². The van der Waals surface area contributed by atoms with Gasteiger partial charge in [-0.3, -0.25) is 14.4 Å². The molecule has 0 bridgehead atoms. The Morgan fingerprint density at radius 3 is 1.89 bits per heavy atom. The number of hydrogen-bond donors (Lipinski definition) is 2. The molecule has 0 radical (unpaired) electrons. The molecule has 0 saturated carbocycles. The summed E-state index contributed by atoms with van der Waals surface area (Å²) >= 11 is 0.952. The summed E-state index contributed by atoms with van der Waals surface area (Å²) in [6.45, 7) is -0.574. The van der Waals surface area contributed by atoms with Crippen LogP contribution in [0.4, 0.5) is 20.2 Å². The van der Waals surface area contributed by atoms with Crippen molar-refractivity contribution < 1.29 is 27.9 Å². The third-order valence-electron chi connectivity index (χ3n) is 3.11. The number of anilines is 2. The van der Waals surface area contributed by atoms with Crippen LogP contribution in [-0.2, 0) is 19.1 Å². The molecule has 0 aliphatic rings. The number of ether oxygens (including phenoxy) is 1. The van der Waals surface area contributed by atoms with Crippen molar-refractivity contribution >= 4 is 40.9 Å². The molecule has 6 nitrogen and oxygen atoms in total. The molecule has 2 aromatic rings. The summed E-state index contributed by atoms with van der Waals surface area (Å²) in [7, 11) is 0. The van der Waals surface area contributed by atoms with Gasteiger partial charge in [0.05, 0.1) is 22.9 Å². The molecule has 2 N–H and O–H groups in total. The highest BCUT2D eigenvalue weighted by Crippen LogP contribution is 2.13. The summed E-state index contributed by atoms with van der Waals surface area (Å²) in [5.74, 6) is -3.29. The van der Waals surface area contributed by atoms with Crippen molar-refractivity contribution in [2.24, 2.45) is 0 Å². The van der Waals surface area contributed by atoms with Crippen LogP contribution in [0.15, 0.2) is 48.5 Å². The van der Waals surface area contributed by atoms with Gasteiger partial charge < -0.3 is 15.4 Å². The van der Waals surface area contributed by atoms with Gasteiger partial charge in [0.1, 0.15) is 11.6 Å². The Balaban J connectivity index is 1.64. The monoisotopic (exact) mass is 394 g/mol. The van der Waals surface area contributed by atoms with Gasteiger partial charge in [-0.15, -0.1) is 11.8 Å². The lowest BCUT2D eigenvalue weighted by Gasteiger charge is -2.08. The zero-order valence-corrected chi connectivity index (χ0v) is 14.9. The van der Waals surface area contributed by atoms with Crippen molar-refractivity contribution in [3.05, 3.63) is 60.2 Å². The Labute approximate surface area is 158 Å². The van der Waals surface area contributed by atoms with Gasteiger partial charge >= 0.3 is 5.97 Å². The summed E-state index contributed by atoms with van der Waals surface area (Å²) in [6, 6.07) is 11.3. The summed E-state index contributed by atoms with van der Waals surface area (Å²) < 4.78 is 31.5. The minimum Gasteiger partial charge on any atom is -0.455 e. The van der Waals surface area contributed by atoms with Crippen LogP contribution < -0.4 is 10.6 Å². The maximum Gasteiger partial charge on any atom is 0.316 e. The van der Waals surface area contributed by atoms with Crippen LogP contribution in [-0.4, -0.2) is 35.9 Å². The fourth-order valence-electron chi connectivity index (χ4n) is 1.91. The molecule has 0 aliphatic heterocycles. The van der Waals surface area contributed by atoms with E-state index in [0.29, 0.717) is 0 Å². The van der Waals surface area contributed by atoms with Gasteiger partial charge in [-0.2, -0.15) is 0 Å². The molecule has 0 spiro atoms. The molecule has 0 unspecified atom stereocenters. The summed E-state index contributed by atoms with van der Waals surface area (Å²) in [6.07, 6.45) is 0. The van der Waals surface area contributed by atoms with E-state index in [-0.39, 0.29) is 22.9 Å². The Morgan fingerprint density at radius 1 is 0.815 bits per heavy atom. The van der Waals surface area contributed by atoms with E-state index >= 15 is 0 Å². The average Bonchev–Trinajstić information content (AvgIpc) is 2.64. The topological polar surface area (TPSA) is 84.5 Å². The first kappa shape index (κ1) is 20.4. The normalized spacial score (nSPS) is 10.1. The van der Waals surface area contributed by atoms with Gasteiger partial charge in [0, 0.05) is 0 Å². The predicted molar refractivity (Wildman–Crippen MR) is 98.3 cm³/mol. The lowest BCUT2D eigenvalue weighted by molar-refractivity contribution is -0.144. The number of carbonyl (C=O) groups excluding carboxylic acids is 3. The van der Waals surface area contributed by atoms with Crippen LogP contribution in [0, 0.1) is 11.6 Å². The maximum atomic E-state index is 13.4. The zero-order chi connectivity index (χ0) is 19.6. The van der Waals surface area contributed by atoms with Gasteiger partial charge in [0.2, 0.25) is 5.91 Å². The standard InChI is InChI=1S/C18H16F2N2O4S/c19-12-5-1-3-7-14(12)21-16(23)9-26-18(25)11-27-10-17(24)22-15-8-4-2-6-13(15)20/h1-8H,9-11H2,(H,21,23)(H,22,24). The molecule has 0 aromatic heterocycles. The highest BCUT2D eigenvalue weighted by atomic mass is 32.2. The number of nitrogens with one attached hydrogen (secondary N) is 2. The number of esters is 1. The Hall–Kier alpha value is -2.94. The number of para-hydroxylation sites is 2. The molecule has 0 fully saturated rings. The molecule has 142 valence electrons. The van der Waals surface area contributed by atoms with Crippen molar-refractivity contribution in [3.8, 4) is 0 Å². The number of thioether (sulfide) groups is 1. The number of hydrogen-bond acceptors (Lipinski definition) is 5. The van der Waals surface area contributed by atoms with Crippen molar-refractivity contribution in [1.29, 1.82) is 0 Å². The van der Waals surface area contributed by atoms with E-state index in [1.165, 1.54) is 36.4 Å². The van der Waals surface area contributed by atoms with E-state index in [4.69, 9.17) is 4.74 Å². The largest absolute Gasteiger partial charge is 0.455 e. The van der Waals surface area contributed by atoms with Crippen LogP contribution in [0.3, 0.4) is 0 Å². The van der Waals surface area contributed by atoms with Crippen LogP contribution in [0.5, 0.6) is 0 Å². The highest BCUT2D eigenvalue weighted by molar-refractivity contribution is 8.00. The molecule has 2 amide bonds. The van der Waals surface area contributed by atoms with Crippen molar-refractivity contribution in [3.63, 3.8) is 0 Å². The van der Waals surface area contributed by atoms with Gasteiger partial charge in [-0.1, -0.05) is 24.3 Å². The van der Waals surface area contributed by atoms with Crippen LogP contribution in [0.25, 0.3) is 0 Å². The van der Waals surface area contributed by atoms with Crippen molar-refractivity contribution in [2.45, 2.75) is 0 Å². The third kappa shape index (κ3) is 7.06. The average molecular weight is 394 g/mol. The third-order valence-corrected chi connectivity index (χ3v) is 4.02. The SMILES string of the molecule is O=C(COC(=O)CSCC(=O)Nc1ccccc1F)Nc1ccccc1F.